The Hall–Kier alpha value is -5.93. The molecule has 0 saturated carbocycles. The van der Waals surface area contributed by atoms with Crippen molar-refractivity contribution in [1.82, 2.24) is 15.0 Å². The number of hydrogen-bond donors (Lipinski definition) is 0. The second-order valence-corrected chi connectivity index (χ2v) is 12.0. The first-order valence-corrected chi connectivity index (χ1v) is 15.8. The summed E-state index contributed by atoms with van der Waals surface area (Å²) in [4.78, 5) is 14.9. The fourth-order valence-corrected chi connectivity index (χ4v) is 6.82. The lowest BCUT2D eigenvalue weighted by molar-refractivity contribution is 1.07. The third-order valence-electron chi connectivity index (χ3n) is 9.15. The molecule has 0 atom stereocenters. The van der Waals surface area contributed by atoms with Gasteiger partial charge in [0.15, 0.2) is 17.5 Å². The molecule has 0 N–H and O–H groups in total. The van der Waals surface area contributed by atoms with Crippen LogP contribution in [0.25, 0.3) is 78.8 Å². The predicted octanol–water partition coefficient (Wildman–Crippen LogP) is 10.7. The number of nitrogens with zero attached hydrogens (tertiary/aromatic N) is 3. The van der Waals surface area contributed by atoms with Crippen LogP contribution in [0.1, 0.15) is 23.1 Å². The molecule has 0 bridgehead atoms. The highest BCUT2D eigenvalue weighted by Crippen LogP contribution is 2.42. The minimum Gasteiger partial charge on any atom is -0.208 e. The lowest BCUT2D eigenvalue weighted by Crippen LogP contribution is -2.03. The van der Waals surface area contributed by atoms with Crippen molar-refractivity contribution < 1.29 is 0 Å². The summed E-state index contributed by atoms with van der Waals surface area (Å²) in [5, 5.41) is 2.73. The summed E-state index contributed by atoms with van der Waals surface area (Å²) in [6.45, 7) is 0. The molecular formula is C43H29N3. The molecule has 3 heteroatoms. The Kier molecular flexibility index (Phi) is 6.27. The Morgan fingerprint density at radius 2 is 0.957 bits per heavy atom. The van der Waals surface area contributed by atoms with Crippen LogP contribution in [-0.4, -0.2) is 15.0 Å². The number of rotatable bonds is 5. The van der Waals surface area contributed by atoms with Crippen LogP contribution in [0.5, 0.6) is 0 Å². The lowest BCUT2D eigenvalue weighted by Gasteiger charge is -2.24. The average Bonchev–Trinajstić information content (AvgIpc) is 3.14. The van der Waals surface area contributed by atoms with Crippen molar-refractivity contribution in [1.29, 1.82) is 0 Å². The van der Waals surface area contributed by atoms with Gasteiger partial charge in [-0.05, 0) is 74.2 Å². The van der Waals surface area contributed by atoms with E-state index in [-0.39, 0.29) is 0 Å². The van der Waals surface area contributed by atoms with Gasteiger partial charge in [-0.2, -0.15) is 0 Å². The van der Waals surface area contributed by atoms with Gasteiger partial charge in [0, 0.05) is 16.7 Å². The molecule has 0 radical (unpaired) electrons. The first-order valence-electron chi connectivity index (χ1n) is 15.8. The summed E-state index contributed by atoms with van der Waals surface area (Å²) in [7, 11) is 0. The standard InChI is InChI=1S/C43H29N3/c1-3-8-28(9-4-1)29-14-20-34(21-15-29)42-44-41(33-10-5-2-6-11-33)45-43(46-42)35-22-16-30(17-23-35)38-26-36-24-18-31-12-7-13-32-19-25-37(27-38)40(36)39(31)32/h1-12,14-24,26-27H,13,25H2. The van der Waals surface area contributed by atoms with Gasteiger partial charge in [-0.1, -0.05) is 146 Å². The monoisotopic (exact) mass is 587 g/mol. The maximum atomic E-state index is 4.98. The number of aromatic nitrogens is 3. The molecule has 46 heavy (non-hydrogen) atoms. The molecule has 0 unspecified atom stereocenters. The third kappa shape index (κ3) is 4.65. The van der Waals surface area contributed by atoms with E-state index in [4.69, 9.17) is 15.0 Å². The molecule has 9 rings (SSSR count). The minimum atomic E-state index is 0.659. The fraction of sp³-hybridized carbons (Fsp3) is 0.0465. The topological polar surface area (TPSA) is 38.7 Å². The van der Waals surface area contributed by atoms with E-state index in [1.165, 1.54) is 49.7 Å². The van der Waals surface area contributed by atoms with Gasteiger partial charge in [-0.25, -0.2) is 15.0 Å². The van der Waals surface area contributed by atoms with Crippen LogP contribution in [-0.2, 0) is 6.42 Å². The first kappa shape index (κ1) is 26.5. The van der Waals surface area contributed by atoms with E-state index in [1.54, 1.807) is 0 Å². The van der Waals surface area contributed by atoms with E-state index in [1.807, 2.05) is 36.4 Å². The van der Waals surface area contributed by atoms with Crippen molar-refractivity contribution in [2.24, 2.45) is 0 Å². The molecular weight excluding hydrogens is 558 g/mol. The summed E-state index contributed by atoms with van der Waals surface area (Å²) in [5.41, 5.74) is 13.3. The Bertz CT molecular complexity index is 2320. The Balaban J connectivity index is 1.09. The average molecular weight is 588 g/mol. The van der Waals surface area contributed by atoms with Crippen molar-refractivity contribution >= 4 is 22.4 Å². The zero-order valence-electron chi connectivity index (χ0n) is 25.2. The van der Waals surface area contributed by atoms with Crippen LogP contribution in [0.15, 0.2) is 146 Å². The number of benzene rings is 6. The van der Waals surface area contributed by atoms with Gasteiger partial charge in [-0.3, -0.25) is 0 Å². The van der Waals surface area contributed by atoms with Crippen molar-refractivity contribution in [3.05, 3.63) is 162 Å². The maximum absolute atomic E-state index is 4.98. The van der Waals surface area contributed by atoms with Crippen LogP contribution in [0.2, 0.25) is 0 Å². The van der Waals surface area contributed by atoms with Crippen LogP contribution < -0.4 is 0 Å². The Labute approximate surface area is 268 Å². The molecule has 6 aromatic carbocycles. The van der Waals surface area contributed by atoms with Crippen molar-refractivity contribution in [3.8, 4) is 56.4 Å². The normalized spacial score (nSPS) is 13.1. The van der Waals surface area contributed by atoms with Crippen molar-refractivity contribution in [2.45, 2.75) is 12.8 Å². The van der Waals surface area contributed by atoms with E-state index < -0.39 is 0 Å². The van der Waals surface area contributed by atoms with Crippen molar-refractivity contribution in [2.75, 3.05) is 0 Å². The van der Waals surface area contributed by atoms with E-state index in [0.717, 1.165) is 35.1 Å². The van der Waals surface area contributed by atoms with E-state index in [0.29, 0.717) is 17.5 Å². The highest BCUT2D eigenvalue weighted by Gasteiger charge is 2.20. The molecule has 216 valence electrons. The molecule has 3 nitrogen and oxygen atoms in total. The van der Waals surface area contributed by atoms with Gasteiger partial charge in [0.1, 0.15) is 0 Å². The molecule has 2 aliphatic carbocycles. The van der Waals surface area contributed by atoms with Gasteiger partial charge >= 0.3 is 0 Å². The van der Waals surface area contributed by atoms with E-state index in [9.17, 15) is 0 Å². The van der Waals surface area contributed by atoms with Crippen LogP contribution in [0.3, 0.4) is 0 Å². The van der Waals surface area contributed by atoms with Crippen LogP contribution in [0, 0.1) is 0 Å². The molecule has 0 amide bonds. The number of hydrogen-bond acceptors (Lipinski definition) is 3. The molecule has 1 aromatic heterocycles. The molecule has 7 aromatic rings. The van der Waals surface area contributed by atoms with Gasteiger partial charge in [-0.15, -0.1) is 0 Å². The number of allylic oxidation sites excluding steroid dienone is 3. The summed E-state index contributed by atoms with van der Waals surface area (Å²) in [5.74, 6) is 1.98. The SMILES string of the molecule is C1=Cc2ccc3cc(-c4ccc(-c5nc(-c6ccccc6)nc(-c6ccc(-c7ccccc7)cc6)n5)cc4)cc4c3c2C(=CC4)C1. The zero-order chi connectivity index (χ0) is 30.5. The minimum absolute atomic E-state index is 0.659. The Morgan fingerprint density at radius 1 is 0.435 bits per heavy atom. The largest absolute Gasteiger partial charge is 0.208 e. The highest BCUT2D eigenvalue weighted by atomic mass is 15.0. The van der Waals surface area contributed by atoms with Crippen LogP contribution in [0.4, 0.5) is 0 Å². The van der Waals surface area contributed by atoms with Crippen LogP contribution >= 0.6 is 0 Å². The van der Waals surface area contributed by atoms with Gasteiger partial charge in [0.05, 0.1) is 0 Å². The third-order valence-corrected chi connectivity index (χ3v) is 9.15. The lowest BCUT2D eigenvalue weighted by atomic mass is 9.80. The summed E-state index contributed by atoms with van der Waals surface area (Å²) >= 11 is 0. The smallest absolute Gasteiger partial charge is 0.164 e. The molecule has 2 aliphatic rings. The fourth-order valence-electron chi connectivity index (χ4n) is 6.82. The second-order valence-electron chi connectivity index (χ2n) is 12.0. The zero-order valence-corrected chi connectivity index (χ0v) is 25.2. The van der Waals surface area contributed by atoms with Gasteiger partial charge in [0.2, 0.25) is 0 Å². The van der Waals surface area contributed by atoms with E-state index in [2.05, 4.69) is 115 Å². The maximum Gasteiger partial charge on any atom is 0.164 e. The highest BCUT2D eigenvalue weighted by molar-refractivity contribution is 6.04. The molecule has 0 fully saturated rings. The quantitative estimate of drug-likeness (QED) is 0.201. The first-order chi connectivity index (χ1) is 22.8. The van der Waals surface area contributed by atoms with Gasteiger partial charge < -0.3 is 0 Å². The van der Waals surface area contributed by atoms with Gasteiger partial charge in [0.25, 0.3) is 0 Å². The Morgan fingerprint density at radius 3 is 1.59 bits per heavy atom. The van der Waals surface area contributed by atoms with Crippen molar-refractivity contribution in [3.63, 3.8) is 0 Å². The summed E-state index contributed by atoms with van der Waals surface area (Å²) < 4.78 is 0. The summed E-state index contributed by atoms with van der Waals surface area (Å²) in [6.07, 6.45) is 8.96. The molecule has 0 aliphatic heterocycles. The second kappa shape index (κ2) is 10.9. The molecule has 0 spiro atoms. The molecule has 1 heterocycles. The molecule has 0 saturated heterocycles. The van der Waals surface area contributed by atoms with E-state index >= 15 is 0 Å². The predicted molar refractivity (Wildman–Crippen MR) is 190 cm³/mol. The summed E-state index contributed by atoms with van der Waals surface area (Å²) in [6, 6.07) is 46.9.